The lowest BCUT2D eigenvalue weighted by atomic mass is 10.3. The van der Waals surface area contributed by atoms with Crippen LogP contribution < -0.4 is 0 Å². The summed E-state index contributed by atoms with van der Waals surface area (Å²) in [7, 11) is -2.94. The van der Waals surface area contributed by atoms with Gasteiger partial charge in [-0.2, -0.15) is 5.10 Å². The van der Waals surface area contributed by atoms with Gasteiger partial charge >= 0.3 is 6.09 Å². The summed E-state index contributed by atoms with van der Waals surface area (Å²) in [5.41, 5.74) is -0.386. The maximum Gasteiger partial charge on any atom is 0.407 e. The summed E-state index contributed by atoms with van der Waals surface area (Å²) in [6.45, 7) is -0.255. The van der Waals surface area contributed by atoms with Crippen LogP contribution in [0.2, 0.25) is 0 Å². The Labute approximate surface area is 158 Å². The van der Waals surface area contributed by atoms with E-state index in [2.05, 4.69) is 10.1 Å². The van der Waals surface area contributed by atoms with E-state index in [4.69, 9.17) is 5.11 Å². The maximum atomic E-state index is 14.3. The number of rotatable bonds is 5. The van der Waals surface area contributed by atoms with Crippen LogP contribution in [0.4, 0.5) is 13.6 Å². The van der Waals surface area contributed by atoms with E-state index in [1.807, 2.05) is 0 Å². The van der Waals surface area contributed by atoms with Crippen molar-refractivity contribution in [3.05, 3.63) is 66.1 Å². The number of halogens is 2. The van der Waals surface area contributed by atoms with Gasteiger partial charge in [0.05, 0.1) is 17.1 Å². The molecule has 3 rings (SSSR count). The Morgan fingerprint density at radius 3 is 2.64 bits per heavy atom. The molecule has 0 fully saturated rings. The van der Waals surface area contributed by atoms with Crippen LogP contribution >= 0.6 is 0 Å². The highest BCUT2D eigenvalue weighted by molar-refractivity contribution is 7.91. The molecule has 2 heterocycles. The molecule has 2 aromatic heterocycles. The number of nitrogens with zero attached hydrogens (tertiary/aromatic N) is 4. The highest BCUT2D eigenvalue weighted by atomic mass is 32.2. The predicted octanol–water partition coefficient (Wildman–Crippen LogP) is 2.49. The number of pyridine rings is 1. The Kier molecular flexibility index (Phi) is 5.10. The maximum absolute atomic E-state index is 14.3. The van der Waals surface area contributed by atoms with Gasteiger partial charge in [-0.25, -0.2) is 26.7 Å². The second-order valence-electron chi connectivity index (χ2n) is 5.81. The van der Waals surface area contributed by atoms with Gasteiger partial charge in [0.15, 0.2) is 5.03 Å². The van der Waals surface area contributed by atoms with Crippen LogP contribution in [0.25, 0.3) is 5.69 Å². The molecule has 0 aliphatic rings. The number of aromatic nitrogens is 3. The monoisotopic (exact) mass is 408 g/mol. The molecule has 1 N–H and O–H groups in total. The normalized spacial score (nSPS) is 11.4. The van der Waals surface area contributed by atoms with Crippen molar-refractivity contribution < 1.29 is 27.1 Å². The summed E-state index contributed by atoms with van der Waals surface area (Å²) in [4.78, 5) is 15.5. The molecule has 1 aromatic carbocycles. The molecule has 0 atom stereocenters. The molecule has 0 aliphatic heterocycles. The fourth-order valence-electron chi connectivity index (χ4n) is 2.44. The van der Waals surface area contributed by atoms with E-state index in [0.717, 1.165) is 40.0 Å². The molecule has 0 saturated heterocycles. The van der Waals surface area contributed by atoms with Crippen molar-refractivity contribution in [1.82, 2.24) is 19.7 Å². The molecule has 0 unspecified atom stereocenters. The smallest absolute Gasteiger partial charge is 0.407 e. The van der Waals surface area contributed by atoms with Crippen LogP contribution in [0.5, 0.6) is 0 Å². The summed E-state index contributed by atoms with van der Waals surface area (Å²) in [6.07, 6.45) is 1.23. The van der Waals surface area contributed by atoms with E-state index in [0.29, 0.717) is 0 Å². The molecular formula is C17H14F2N4O4S. The van der Waals surface area contributed by atoms with E-state index >= 15 is 0 Å². The van der Waals surface area contributed by atoms with Crippen molar-refractivity contribution in [2.45, 2.75) is 16.5 Å². The van der Waals surface area contributed by atoms with Crippen LogP contribution in [-0.4, -0.2) is 46.3 Å². The van der Waals surface area contributed by atoms with Crippen molar-refractivity contribution in [3.8, 4) is 5.69 Å². The van der Waals surface area contributed by atoms with Gasteiger partial charge in [0.1, 0.15) is 17.3 Å². The Bertz CT molecular complexity index is 1130. The average Bonchev–Trinajstić information content (AvgIpc) is 3.08. The third kappa shape index (κ3) is 3.69. The summed E-state index contributed by atoms with van der Waals surface area (Å²) in [5, 5.41) is 12.6. The quantitative estimate of drug-likeness (QED) is 0.695. The van der Waals surface area contributed by atoms with Gasteiger partial charge in [0.2, 0.25) is 9.84 Å². The zero-order valence-corrected chi connectivity index (χ0v) is 15.3. The van der Waals surface area contributed by atoms with Gasteiger partial charge < -0.3 is 10.0 Å². The third-order valence-corrected chi connectivity index (χ3v) is 5.51. The lowest BCUT2D eigenvalue weighted by Gasteiger charge is -2.10. The van der Waals surface area contributed by atoms with Gasteiger partial charge in [-0.3, -0.25) is 4.98 Å². The topological polar surface area (TPSA) is 105 Å². The summed E-state index contributed by atoms with van der Waals surface area (Å²) in [6, 6.07) is 6.36. The summed E-state index contributed by atoms with van der Waals surface area (Å²) >= 11 is 0. The van der Waals surface area contributed by atoms with Crippen molar-refractivity contribution in [2.75, 3.05) is 7.05 Å². The first-order chi connectivity index (χ1) is 13.2. The Hall–Kier alpha value is -3.34. The molecule has 0 saturated carbocycles. The van der Waals surface area contributed by atoms with E-state index < -0.39 is 38.3 Å². The van der Waals surface area contributed by atoms with Crippen molar-refractivity contribution in [3.63, 3.8) is 0 Å². The van der Waals surface area contributed by atoms with E-state index in [1.54, 1.807) is 0 Å². The van der Waals surface area contributed by atoms with Crippen LogP contribution in [0, 0.1) is 11.6 Å². The second kappa shape index (κ2) is 7.35. The standard InChI is InChI=1S/C17H14F2N4O4S/c1-22(17(24)25)10-12-8-16(28(26,27)13-3-2-6-20-9-13)23(21-12)15-7-11(18)4-5-14(15)19/h2-9H,10H2,1H3,(H,24,25). The SMILES string of the molecule is CN(Cc1cc(S(=O)(=O)c2cccnc2)n(-c2cc(F)ccc2F)n1)C(=O)O. The highest BCUT2D eigenvalue weighted by Gasteiger charge is 2.27. The average molecular weight is 408 g/mol. The molecule has 1 amide bonds. The Morgan fingerprint density at radius 2 is 2.00 bits per heavy atom. The minimum absolute atomic E-state index is 0.0380. The van der Waals surface area contributed by atoms with Crippen LogP contribution in [0.15, 0.2) is 58.7 Å². The number of carbonyl (C=O) groups is 1. The molecule has 8 nitrogen and oxygen atoms in total. The van der Waals surface area contributed by atoms with E-state index in [9.17, 15) is 22.0 Å². The second-order valence-corrected chi connectivity index (χ2v) is 7.71. The van der Waals surface area contributed by atoms with Gasteiger partial charge in [0, 0.05) is 31.6 Å². The first-order valence-corrected chi connectivity index (χ1v) is 9.32. The van der Waals surface area contributed by atoms with Gasteiger partial charge in [-0.05, 0) is 24.3 Å². The minimum atomic E-state index is -4.20. The molecule has 3 aromatic rings. The number of hydrogen-bond acceptors (Lipinski definition) is 5. The predicted molar refractivity (Wildman–Crippen MR) is 92.7 cm³/mol. The highest BCUT2D eigenvalue weighted by Crippen LogP contribution is 2.26. The molecule has 0 bridgehead atoms. The van der Waals surface area contributed by atoms with Crippen molar-refractivity contribution in [1.29, 1.82) is 0 Å². The Morgan fingerprint density at radius 1 is 1.25 bits per heavy atom. The molecule has 28 heavy (non-hydrogen) atoms. The van der Waals surface area contributed by atoms with Crippen LogP contribution in [0.1, 0.15) is 5.69 Å². The first-order valence-electron chi connectivity index (χ1n) is 7.83. The summed E-state index contributed by atoms with van der Waals surface area (Å²) < 4.78 is 54.7. The number of hydrogen-bond donors (Lipinski definition) is 1. The van der Waals surface area contributed by atoms with Crippen LogP contribution in [-0.2, 0) is 16.4 Å². The van der Waals surface area contributed by atoms with Gasteiger partial charge in [0.25, 0.3) is 0 Å². The lowest BCUT2D eigenvalue weighted by Crippen LogP contribution is -2.24. The van der Waals surface area contributed by atoms with Crippen LogP contribution in [0.3, 0.4) is 0 Å². The van der Waals surface area contributed by atoms with E-state index in [1.165, 1.54) is 25.4 Å². The molecular weight excluding hydrogens is 394 g/mol. The molecule has 0 radical (unpaired) electrons. The number of benzene rings is 1. The Balaban J connectivity index is 2.21. The zero-order valence-electron chi connectivity index (χ0n) is 14.5. The molecule has 0 aliphatic carbocycles. The summed E-state index contributed by atoms with van der Waals surface area (Å²) in [5.74, 6) is -1.69. The van der Waals surface area contributed by atoms with E-state index in [-0.39, 0.29) is 17.1 Å². The third-order valence-electron chi connectivity index (χ3n) is 3.81. The zero-order chi connectivity index (χ0) is 20.5. The molecule has 0 spiro atoms. The molecule has 11 heteroatoms. The minimum Gasteiger partial charge on any atom is -0.465 e. The fraction of sp³-hybridized carbons (Fsp3) is 0.118. The van der Waals surface area contributed by atoms with Crippen molar-refractivity contribution >= 4 is 15.9 Å². The largest absolute Gasteiger partial charge is 0.465 e. The lowest BCUT2D eigenvalue weighted by molar-refractivity contribution is 0.153. The number of amides is 1. The van der Waals surface area contributed by atoms with Crippen molar-refractivity contribution in [2.24, 2.45) is 0 Å². The van der Waals surface area contributed by atoms with Gasteiger partial charge in [-0.15, -0.1) is 0 Å². The number of sulfone groups is 1. The van der Waals surface area contributed by atoms with Gasteiger partial charge in [-0.1, -0.05) is 0 Å². The number of carboxylic acid groups (broad SMARTS) is 1. The first kappa shape index (κ1) is 19.4. The molecule has 146 valence electrons. The fourth-order valence-corrected chi connectivity index (χ4v) is 3.79.